The molecule has 0 spiro atoms. The Bertz CT molecular complexity index is 472. The molecule has 0 amide bonds. The van der Waals surface area contributed by atoms with Crippen LogP contribution in [0.2, 0.25) is 0 Å². The molecule has 0 fully saturated rings. The van der Waals surface area contributed by atoms with Gasteiger partial charge in [0.05, 0.1) is 18.2 Å². The molecule has 0 aliphatic rings. The van der Waals surface area contributed by atoms with Gasteiger partial charge in [0.1, 0.15) is 0 Å². The summed E-state index contributed by atoms with van der Waals surface area (Å²) in [6.45, 7) is 4.89. The Labute approximate surface area is 95.9 Å². The first kappa shape index (κ1) is 10.9. The van der Waals surface area contributed by atoms with E-state index in [2.05, 4.69) is 40.7 Å². The Kier molecular flexibility index (Phi) is 3.06. The fourth-order valence-corrected chi connectivity index (χ4v) is 1.82. The van der Waals surface area contributed by atoms with Crippen molar-refractivity contribution in [3.8, 4) is 11.3 Å². The zero-order valence-corrected chi connectivity index (χ0v) is 9.72. The largest absolute Gasteiger partial charge is 0.329 e. The van der Waals surface area contributed by atoms with E-state index in [4.69, 9.17) is 5.73 Å². The van der Waals surface area contributed by atoms with Crippen LogP contribution in [0.25, 0.3) is 11.3 Å². The maximum atomic E-state index is 5.81. The van der Waals surface area contributed by atoms with Gasteiger partial charge in [-0.05, 0) is 19.9 Å². The summed E-state index contributed by atoms with van der Waals surface area (Å²) in [5.41, 5.74) is 9.39. The van der Waals surface area contributed by atoms with Crippen molar-refractivity contribution < 1.29 is 0 Å². The van der Waals surface area contributed by atoms with Crippen molar-refractivity contribution in [1.29, 1.82) is 0 Å². The number of imidazole rings is 1. The van der Waals surface area contributed by atoms with Crippen LogP contribution in [0.15, 0.2) is 36.8 Å². The standard InChI is InChI=1S/C13H17N3/c1-10-4-3-5-12(6-10)13-7-15-9-16(13)8-11(2)14/h3-7,9,11H,8,14H2,1-2H3. The number of hydrogen-bond acceptors (Lipinski definition) is 2. The fraction of sp³-hybridized carbons (Fsp3) is 0.308. The van der Waals surface area contributed by atoms with Crippen LogP contribution in [0.1, 0.15) is 12.5 Å². The lowest BCUT2D eigenvalue weighted by atomic mass is 10.1. The maximum Gasteiger partial charge on any atom is 0.0951 e. The third-order valence-electron chi connectivity index (χ3n) is 2.51. The van der Waals surface area contributed by atoms with Crippen molar-refractivity contribution in [3.63, 3.8) is 0 Å². The van der Waals surface area contributed by atoms with Gasteiger partial charge in [-0.25, -0.2) is 4.98 Å². The van der Waals surface area contributed by atoms with Crippen molar-refractivity contribution in [3.05, 3.63) is 42.4 Å². The molecular weight excluding hydrogens is 198 g/mol. The third kappa shape index (κ3) is 2.31. The first-order valence-corrected chi connectivity index (χ1v) is 5.49. The molecule has 1 heterocycles. The van der Waals surface area contributed by atoms with Crippen molar-refractivity contribution >= 4 is 0 Å². The fourth-order valence-electron chi connectivity index (χ4n) is 1.82. The minimum atomic E-state index is 0.137. The summed E-state index contributed by atoms with van der Waals surface area (Å²) in [6.07, 6.45) is 3.72. The van der Waals surface area contributed by atoms with Crippen LogP contribution in [0, 0.1) is 6.92 Å². The molecule has 0 aliphatic heterocycles. The van der Waals surface area contributed by atoms with Gasteiger partial charge in [0, 0.05) is 18.2 Å². The Morgan fingerprint density at radius 3 is 2.94 bits per heavy atom. The molecule has 3 nitrogen and oxygen atoms in total. The van der Waals surface area contributed by atoms with E-state index >= 15 is 0 Å². The Morgan fingerprint density at radius 2 is 2.25 bits per heavy atom. The van der Waals surface area contributed by atoms with Crippen molar-refractivity contribution in [2.75, 3.05) is 0 Å². The highest BCUT2D eigenvalue weighted by Gasteiger charge is 2.06. The maximum absolute atomic E-state index is 5.81. The Balaban J connectivity index is 2.37. The zero-order valence-electron chi connectivity index (χ0n) is 9.72. The molecule has 0 aliphatic carbocycles. The van der Waals surface area contributed by atoms with Gasteiger partial charge in [-0.3, -0.25) is 0 Å². The lowest BCUT2D eigenvalue weighted by Crippen LogP contribution is -2.22. The molecule has 16 heavy (non-hydrogen) atoms. The van der Waals surface area contributed by atoms with Crippen LogP contribution in [0.3, 0.4) is 0 Å². The van der Waals surface area contributed by atoms with Crippen LogP contribution in [0.5, 0.6) is 0 Å². The van der Waals surface area contributed by atoms with Crippen molar-refractivity contribution in [1.82, 2.24) is 9.55 Å². The quantitative estimate of drug-likeness (QED) is 0.853. The summed E-state index contributed by atoms with van der Waals surface area (Å²) in [7, 11) is 0. The summed E-state index contributed by atoms with van der Waals surface area (Å²) in [5, 5.41) is 0. The summed E-state index contributed by atoms with van der Waals surface area (Å²) >= 11 is 0. The van der Waals surface area contributed by atoms with Crippen LogP contribution in [-0.2, 0) is 6.54 Å². The molecule has 84 valence electrons. The highest BCUT2D eigenvalue weighted by Crippen LogP contribution is 2.20. The average molecular weight is 215 g/mol. The van der Waals surface area contributed by atoms with Gasteiger partial charge < -0.3 is 10.3 Å². The lowest BCUT2D eigenvalue weighted by Gasteiger charge is -2.10. The highest BCUT2D eigenvalue weighted by atomic mass is 15.1. The van der Waals surface area contributed by atoms with E-state index < -0.39 is 0 Å². The van der Waals surface area contributed by atoms with Gasteiger partial charge in [0.2, 0.25) is 0 Å². The van der Waals surface area contributed by atoms with Crippen molar-refractivity contribution in [2.24, 2.45) is 5.73 Å². The first-order chi connectivity index (χ1) is 7.66. The molecule has 1 aromatic carbocycles. The Hall–Kier alpha value is -1.61. The second-order valence-corrected chi connectivity index (χ2v) is 4.28. The van der Waals surface area contributed by atoms with Gasteiger partial charge in [-0.15, -0.1) is 0 Å². The second-order valence-electron chi connectivity index (χ2n) is 4.28. The van der Waals surface area contributed by atoms with Gasteiger partial charge in [0.25, 0.3) is 0 Å². The summed E-state index contributed by atoms with van der Waals surface area (Å²) in [6, 6.07) is 8.55. The smallest absolute Gasteiger partial charge is 0.0951 e. The molecule has 1 aromatic heterocycles. The molecule has 0 saturated heterocycles. The second kappa shape index (κ2) is 4.49. The summed E-state index contributed by atoms with van der Waals surface area (Å²) < 4.78 is 2.10. The Morgan fingerprint density at radius 1 is 1.44 bits per heavy atom. The molecule has 2 rings (SSSR count). The minimum absolute atomic E-state index is 0.137. The van der Waals surface area contributed by atoms with Gasteiger partial charge >= 0.3 is 0 Å². The van der Waals surface area contributed by atoms with E-state index in [1.807, 2.05) is 19.4 Å². The van der Waals surface area contributed by atoms with E-state index in [0.717, 1.165) is 12.2 Å². The monoisotopic (exact) mass is 215 g/mol. The van der Waals surface area contributed by atoms with Crippen LogP contribution in [-0.4, -0.2) is 15.6 Å². The van der Waals surface area contributed by atoms with E-state index in [1.54, 1.807) is 0 Å². The first-order valence-electron chi connectivity index (χ1n) is 5.49. The van der Waals surface area contributed by atoms with E-state index in [-0.39, 0.29) is 6.04 Å². The lowest BCUT2D eigenvalue weighted by molar-refractivity contribution is 0.593. The molecule has 2 N–H and O–H groups in total. The van der Waals surface area contributed by atoms with Crippen molar-refractivity contribution in [2.45, 2.75) is 26.4 Å². The minimum Gasteiger partial charge on any atom is -0.329 e. The van der Waals surface area contributed by atoms with Crippen LogP contribution < -0.4 is 5.73 Å². The molecule has 0 bridgehead atoms. The molecular formula is C13H17N3. The zero-order chi connectivity index (χ0) is 11.5. The number of nitrogens with two attached hydrogens (primary N) is 1. The number of benzene rings is 1. The summed E-state index contributed by atoms with van der Waals surface area (Å²) in [5.74, 6) is 0. The third-order valence-corrected chi connectivity index (χ3v) is 2.51. The van der Waals surface area contributed by atoms with E-state index in [0.29, 0.717) is 0 Å². The van der Waals surface area contributed by atoms with Gasteiger partial charge in [0.15, 0.2) is 0 Å². The van der Waals surface area contributed by atoms with Crippen LogP contribution >= 0.6 is 0 Å². The predicted octanol–water partition coefficient (Wildman–Crippen LogP) is 2.21. The SMILES string of the molecule is Cc1cccc(-c2cncn2CC(C)N)c1. The predicted molar refractivity (Wildman–Crippen MR) is 66.0 cm³/mol. The molecule has 3 heteroatoms. The number of aromatic nitrogens is 2. The van der Waals surface area contributed by atoms with E-state index in [1.165, 1.54) is 11.1 Å². The molecule has 1 atom stereocenters. The highest BCUT2D eigenvalue weighted by molar-refractivity contribution is 5.59. The molecule has 0 saturated carbocycles. The average Bonchev–Trinajstić information content (AvgIpc) is 2.65. The topological polar surface area (TPSA) is 43.8 Å². The van der Waals surface area contributed by atoms with Gasteiger partial charge in [-0.2, -0.15) is 0 Å². The molecule has 2 aromatic rings. The van der Waals surface area contributed by atoms with Gasteiger partial charge in [-0.1, -0.05) is 23.8 Å². The van der Waals surface area contributed by atoms with E-state index in [9.17, 15) is 0 Å². The number of nitrogens with zero attached hydrogens (tertiary/aromatic N) is 2. The number of hydrogen-bond donors (Lipinski definition) is 1. The number of aryl methyl sites for hydroxylation is 1. The van der Waals surface area contributed by atoms with Crippen LogP contribution in [0.4, 0.5) is 0 Å². The molecule has 1 unspecified atom stereocenters. The normalized spacial score (nSPS) is 12.7. The number of rotatable bonds is 3. The summed E-state index contributed by atoms with van der Waals surface area (Å²) in [4.78, 5) is 4.19. The molecule has 0 radical (unpaired) electrons.